The molecule has 4 rings (SSSR count). The summed E-state index contributed by atoms with van der Waals surface area (Å²) in [5.41, 5.74) is 1.01. The monoisotopic (exact) mass is 408 g/mol. The molecule has 0 bridgehead atoms. The van der Waals surface area contributed by atoms with Gasteiger partial charge in [-0.1, -0.05) is 23.5 Å². The van der Waals surface area contributed by atoms with Crippen LogP contribution in [0, 0.1) is 10.1 Å². The third kappa shape index (κ3) is 3.85. The highest BCUT2D eigenvalue weighted by molar-refractivity contribution is 7.15. The molecule has 4 aromatic rings. The Kier molecular flexibility index (Phi) is 4.81. The van der Waals surface area contributed by atoms with Crippen LogP contribution in [0.5, 0.6) is 5.75 Å². The molecule has 146 valence electrons. The molecule has 0 radical (unpaired) electrons. The van der Waals surface area contributed by atoms with Crippen LogP contribution in [-0.2, 0) is 0 Å². The highest BCUT2D eigenvalue weighted by atomic mass is 32.1. The molecule has 0 saturated heterocycles. The number of rotatable bonds is 5. The lowest BCUT2D eigenvalue weighted by Crippen LogP contribution is -2.23. The van der Waals surface area contributed by atoms with E-state index in [4.69, 9.17) is 4.74 Å². The van der Waals surface area contributed by atoms with Crippen molar-refractivity contribution in [3.63, 3.8) is 0 Å². The highest BCUT2D eigenvalue weighted by Gasteiger charge is 2.13. The molecule has 0 aliphatic heterocycles. The Morgan fingerprint density at radius 1 is 1.21 bits per heavy atom. The van der Waals surface area contributed by atoms with E-state index in [1.165, 1.54) is 28.0 Å². The van der Waals surface area contributed by atoms with Crippen LogP contribution in [0.3, 0.4) is 0 Å². The molecular formula is C20H16N4O4S. The van der Waals surface area contributed by atoms with Gasteiger partial charge in [0, 0.05) is 17.7 Å². The Balaban J connectivity index is 1.68. The van der Waals surface area contributed by atoms with Crippen LogP contribution in [0.4, 0.5) is 5.69 Å². The van der Waals surface area contributed by atoms with Crippen LogP contribution in [0.25, 0.3) is 22.4 Å². The lowest BCUT2D eigenvalue weighted by atomic mass is 10.2. The number of hydrogen-bond acceptors (Lipinski definition) is 7. The topological polar surface area (TPSA) is 99.6 Å². The van der Waals surface area contributed by atoms with Gasteiger partial charge >= 0.3 is 0 Å². The van der Waals surface area contributed by atoms with E-state index in [-0.39, 0.29) is 17.4 Å². The van der Waals surface area contributed by atoms with Gasteiger partial charge in [0.1, 0.15) is 5.75 Å². The molecule has 0 amide bonds. The van der Waals surface area contributed by atoms with Crippen LogP contribution >= 0.6 is 11.3 Å². The molecule has 9 heteroatoms. The molecule has 0 unspecified atom stereocenters. The Hall–Kier alpha value is -3.59. The van der Waals surface area contributed by atoms with E-state index in [2.05, 4.69) is 10.1 Å². The fourth-order valence-corrected chi connectivity index (χ4v) is 3.70. The van der Waals surface area contributed by atoms with Gasteiger partial charge in [-0.25, -0.2) is 0 Å². The highest BCUT2D eigenvalue weighted by Crippen LogP contribution is 2.21. The number of hydrogen-bond donors (Lipinski definition) is 0. The Bertz CT molecular complexity index is 1310. The lowest BCUT2D eigenvalue weighted by Gasteiger charge is -2.09. The zero-order valence-corrected chi connectivity index (χ0v) is 16.4. The van der Waals surface area contributed by atoms with Crippen molar-refractivity contribution in [2.45, 2.75) is 20.0 Å². The second kappa shape index (κ2) is 7.44. The largest absolute Gasteiger partial charge is 0.491 e. The summed E-state index contributed by atoms with van der Waals surface area (Å²) in [7, 11) is 0. The Morgan fingerprint density at radius 3 is 2.62 bits per heavy atom. The Labute approximate surface area is 168 Å². The number of nitro groups is 1. The maximum atomic E-state index is 12.7. The molecule has 0 aliphatic rings. The molecule has 2 aromatic heterocycles. The number of benzene rings is 2. The van der Waals surface area contributed by atoms with Gasteiger partial charge in [0.2, 0.25) is 4.96 Å². The van der Waals surface area contributed by atoms with Gasteiger partial charge in [0.25, 0.3) is 11.2 Å². The Morgan fingerprint density at radius 2 is 1.97 bits per heavy atom. The van der Waals surface area contributed by atoms with E-state index in [1.54, 1.807) is 18.2 Å². The smallest absolute Gasteiger partial charge is 0.291 e. The second-order valence-electron chi connectivity index (χ2n) is 6.59. The van der Waals surface area contributed by atoms with E-state index >= 15 is 0 Å². The van der Waals surface area contributed by atoms with E-state index in [0.29, 0.717) is 20.9 Å². The van der Waals surface area contributed by atoms with Crippen molar-refractivity contribution in [1.29, 1.82) is 0 Å². The first-order valence-corrected chi connectivity index (χ1v) is 9.65. The van der Waals surface area contributed by atoms with Crippen LogP contribution in [-0.4, -0.2) is 25.6 Å². The van der Waals surface area contributed by atoms with Gasteiger partial charge in [-0.15, -0.1) is 5.10 Å². The summed E-state index contributed by atoms with van der Waals surface area (Å²) in [5.74, 6) is 1.20. The fraction of sp³-hybridized carbons (Fsp3) is 0.150. The maximum Gasteiger partial charge on any atom is 0.291 e. The third-order valence-electron chi connectivity index (χ3n) is 4.04. The van der Waals surface area contributed by atoms with Crippen molar-refractivity contribution in [3.8, 4) is 17.1 Å². The van der Waals surface area contributed by atoms with E-state index in [0.717, 1.165) is 11.3 Å². The van der Waals surface area contributed by atoms with Crippen molar-refractivity contribution in [3.05, 3.63) is 79.1 Å². The van der Waals surface area contributed by atoms with Crippen molar-refractivity contribution < 1.29 is 9.66 Å². The van der Waals surface area contributed by atoms with Crippen LogP contribution in [0.15, 0.2) is 53.3 Å². The number of fused-ring (bicyclic) bond motifs is 1. The van der Waals surface area contributed by atoms with Gasteiger partial charge in [0.15, 0.2) is 5.82 Å². The maximum absolute atomic E-state index is 12.7. The van der Waals surface area contributed by atoms with Crippen molar-refractivity contribution in [1.82, 2.24) is 14.6 Å². The van der Waals surface area contributed by atoms with Gasteiger partial charge in [-0.05, 0) is 49.8 Å². The number of aromatic nitrogens is 3. The summed E-state index contributed by atoms with van der Waals surface area (Å²) in [5, 5.41) is 15.2. The summed E-state index contributed by atoms with van der Waals surface area (Å²) in [6, 6.07) is 13.5. The number of non-ortho nitro benzene ring substituents is 1. The number of nitro benzene ring substituents is 1. The lowest BCUT2D eigenvalue weighted by molar-refractivity contribution is -0.384. The molecule has 0 fully saturated rings. The molecule has 2 heterocycles. The van der Waals surface area contributed by atoms with E-state index in [9.17, 15) is 14.9 Å². The number of nitrogens with zero attached hydrogens (tertiary/aromatic N) is 4. The summed E-state index contributed by atoms with van der Waals surface area (Å²) in [4.78, 5) is 28.0. The van der Waals surface area contributed by atoms with E-state index in [1.807, 2.05) is 38.1 Å². The molecule has 29 heavy (non-hydrogen) atoms. The zero-order chi connectivity index (χ0) is 20.5. The summed E-state index contributed by atoms with van der Waals surface area (Å²) >= 11 is 1.19. The second-order valence-corrected chi connectivity index (χ2v) is 7.60. The molecule has 0 N–H and O–H groups in total. The number of ether oxygens (including phenoxy) is 1. The predicted molar refractivity (Wildman–Crippen MR) is 110 cm³/mol. The quantitative estimate of drug-likeness (QED) is 0.372. The van der Waals surface area contributed by atoms with Gasteiger partial charge < -0.3 is 4.74 Å². The molecular weight excluding hydrogens is 392 g/mol. The van der Waals surface area contributed by atoms with Gasteiger partial charge in [0.05, 0.1) is 15.6 Å². The van der Waals surface area contributed by atoms with Crippen LogP contribution in [0.1, 0.15) is 19.4 Å². The average Bonchev–Trinajstić information content (AvgIpc) is 3.22. The SMILES string of the molecule is CC(C)Oc1ccc(-c2nc3sc(=Cc4cccc([N+](=O)[O-])c4)c(=O)n3n2)cc1. The van der Waals surface area contributed by atoms with Crippen molar-refractivity contribution in [2.24, 2.45) is 0 Å². The van der Waals surface area contributed by atoms with Gasteiger partial charge in [-0.2, -0.15) is 9.50 Å². The molecule has 2 aromatic carbocycles. The minimum absolute atomic E-state index is 0.0298. The minimum atomic E-state index is -0.470. The summed E-state index contributed by atoms with van der Waals surface area (Å²) in [6.07, 6.45) is 1.69. The fourth-order valence-electron chi connectivity index (χ4n) is 2.79. The first kappa shape index (κ1) is 18.8. The molecule has 0 atom stereocenters. The molecule has 0 aliphatic carbocycles. The minimum Gasteiger partial charge on any atom is -0.491 e. The van der Waals surface area contributed by atoms with Crippen LogP contribution < -0.4 is 14.8 Å². The van der Waals surface area contributed by atoms with E-state index < -0.39 is 4.92 Å². The predicted octanol–water partition coefficient (Wildman–Crippen LogP) is 3.06. The normalized spacial score (nSPS) is 12.0. The standard InChI is InChI=1S/C20H16N4O4S/c1-12(2)28-16-8-6-14(7-9-16)18-21-20-23(22-18)19(25)17(29-20)11-13-4-3-5-15(10-13)24(26)27/h3-12H,1-2H3. The summed E-state index contributed by atoms with van der Waals surface area (Å²) < 4.78 is 7.28. The van der Waals surface area contributed by atoms with Crippen molar-refractivity contribution in [2.75, 3.05) is 0 Å². The first-order chi connectivity index (χ1) is 13.9. The molecule has 8 nitrogen and oxygen atoms in total. The third-order valence-corrected chi connectivity index (χ3v) is 5.00. The molecule has 0 spiro atoms. The van der Waals surface area contributed by atoms with Crippen LogP contribution in [0.2, 0.25) is 0 Å². The van der Waals surface area contributed by atoms with Crippen molar-refractivity contribution >= 4 is 28.1 Å². The average molecular weight is 408 g/mol. The van der Waals surface area contributed by atoms with Gasteiger partial charge in [-0.3, -0.25) is 14.9 Å². The first-order valence-electron chi connectivity index (χ1n) is 8.83. The molecule has 0 saturated carbocycles. The summed E-state index contributed by atoms with van der Waals surface area (Å²) in [6.45, 7) is 3.91. The zero-order valence-electron chi connectivity index (χ0n) is 15.6. The number of thiazole rings is 1.